The maximum Gasteiger partial charge on any atom is 0.0426 e. The molecule has 20 heavy (non-hydrogen) atoms. The van der Waals surface area contributed by atoms with Crippen LogP contribution in [0.15, 0.2) is 46.9 Å². The van der Waals surface area contributed by atoms with Crippen molar-refractivity contribution >= 4 is 33.2 Å². The summed E-state index contributed by atoms with van der Waals surface area (Å²) in [5, 5.41) is 0.764. The second kappa shape index (κ2) is 6.61. The maximum atomic E-state index is 5.92. The third-order valence-corrected chi connectivity index (χ3v) is 4.19. The van der Waals surface area contributed by atoms with Crippen LogP contribution in [-0.4, -0.2) is 7.05 Å². The van der Waals surface area contributed by atoms with E-state index in [1.807, 2.05) is 31.2 Å². The van der Waals surface area contributed by atoms with Crippen LogP contribution < -0.4 is 10.6 Å². The van der Waals surface area contributed by atoms with Crippen LogP contribution >= 0.6 is 27.5 Å². The van der Waals surface area contributed by atoms with Gasteiger partial charge in [-0.2, -0.15) is 0 Å². The van der Waals surface area contributed by atoms with Crippen molar-refractivity contribution in [1.29, 1.82) is 0 Å². The van der Waals surface area contributed by atoms with E-state index in [-0.39, 0.29) is 6.04 Å². The normalized spacial score (nSPS) is 12.2. The molecule has 0 bridgehead atoms. The number of nitrogens with two attached hydrogens (primary N) is 1. The molecular formula is C16H18BrClN2. The quantitative estimate of drug-likeness (QED) is 0.858. The molecule has 2 aromatic carbocycles. The summed E-state index contributed by atoms with van der Waals surface area (Å²) < 4.78 is 1.05. The third kappa shape index (κ3) is 3.75. The molecule has 4 heteroatoms. The highest BCUT2D eigenvalue weighted by Crippen LogP contribution is 2.27. The van der Waals surface area contributed by atoms with E-state index >= 15 is 0 Å². The minimum absolute atomic E-state index is 0.0278. The molecule has 0 aliphatic heterocycles. The van der Waals surface area contributed by atoms with Gasteiger partial charge in [0.2, 0.25) is 0 Å². The molecule has 0 amide bonds. The maximum absolute atomic E-state index is 5.92. The Hall–Kier alpha value is -1.03. The van der Waals surface area contributed by atoms with Crippen LogP contribution in [0.25, 0.3) is 0 Å². The number of halogens is 2. The molecular weight excluding hydrogens is 336 g/mol. The van der Waals surface area contributed by atoms with Gasteiger partial charge in [0, 0.05) is 34.8 Å². The van der Waals surface area contributed by atoms with Gasteiger partial charge in [-0.3, -0.25) is 0 Å². The molecule has 0 saturated carbocycles. The summed E-state index contributed by atoms with van der Waals surface area (Å²) in [6.45, 7) is 2.82. The highest BCUT2D eigenvalue weighted by atomic mass is 79.9. The molecule has 2 aromatic rings. The number of rotatable bonds is 4. The predicted octanol–water partition coefficient (Wildman–Crippen LogP) is 4.76. The Labute approximate surface area is 133 Å². The number of hydrogen-bond donors (Lipinski definition) is 1. The Kier molecular flexibility index (Phi) is 5.08. The molecule has 0 unspecified atom stereocenters. The highest BCUT2D eigenvalue weighted by Gasteiger charge is 2.08. The molecule has 2 N–H and O–H groups in total. The van der Waals surface area contributed by atoms with Crippen LogP contribution in [-0.2, 0) is 6.54 Å². The molecule has 0 spiro atoms. The third-order valence-electron chi connectivity index (χ3n) is 3.25. The van der Waals surface area contributed by atoms with Gasteiger partial charge in [0.25, 0.3) is 0 Å². The van der Waals surface area contributed by atoms with Crippen molar-refractivity contribution in [2.24, 2.45) is 5.73 Å². The lowest BCUT2D eigenvalue weighted by Crippen LogP contribution is -2.16. The van der Waals surface area contributed by atoms with Gasteiger partial charge >= 0.3 is 0 Å². The van der Waals surface area contributed by atoms with E-state index < -0.39 is 0 Å². The zero-order chi connectivity index (χ0) is 14.7. The van der Waals surface area contributed by atoms with Crippen molar-refractivity contribution in [3.8, 4) is 0 Å². The van der Waals surface area contributed by atoms with Crippen molar-refractivity contribution in [1.82, 2.24) is 0 Å². The first-order valence-electron chi connectivity index (χ1n) is 6.48. The number of nitrogens with zero attached hydrogens (tertiary/aromatic N) is 1. The van der Waals surface area contributed by atoms with Gasteiger partial charge in [-0.1, -0.05) is 45.7 Å². The summed E-state index contributed by atoms with van der Waals surface area (Å²) in [6.07, 6.45) is 0. The smallest absolute Gasteiger partial charge is 0.0426 e. The van der Waals surface area contributed by atoms with E-state index in [4.69, 9.17) is 17.3 Å². The lowest BCUT2D eigenvalue weighted by molar-refractivity contribution is 0.812. The Morgan fingerprint density at radius 3 is 2.40 bits per heavy atom. The molecule has 0 fully saturated rings. The Morgan fingerprint density at radius 2 is 1.85 bits per heavy atom. The first-order valence-corrected chi connectivity index (χ1v) is 7.65. The highest BCUT2D eigenvalue weighted by molar-refractivity contribution is 9.10. The summed E-state index contributed by atoms with van der Waals surface area (Å²) in [4.78, 5) is 2.19. The van der Waals surface area contributed by atoms with Gasteiger partial charge in [0.1, 0.15) is 0 Å². The topological polar surface area (TPSA) is 29.3 Å². The van der Waals surface area contributed by atoms with Gasteiger partial charge in [0.15, 0.2) is 0 Å². The summed E-state index contributed by atoms with van der Waals surface area (Å²) in [5.41, 5.74) is 9.42. The second-order valence-electron chi connectivity index (χ2n) is 4.98. The Balaban J connectivity index is 2.15. The monoisotopic (exact) mass is 352 g/mol. The van der Waals surface area contributed by atoms with E-state index in [0.717, 1.165) is 27.3 Å². The first-order chi connectivity index (χ1) is 9.47. The van der Waals surface area contributed by atoms with Gasteiger partial charge in [-0.25, -0.2) is 0 Å². The Bertz CT molecular complexity index is 582. The summed E-state index contributed by atoms with van der Waals surface area (Å²) >= 11 is 9.49. The second-order valence-corrected chi connectivity index (χ2v) is 6.27. The van der Waals surface area contributed by atoms with Crippen molar-refractivity contribution in [3.05, 3.63) is 63.1 Å². The fourth-order valence-electron chi connectivity index (χ4n) is 2.08. The van der Waals surface area contributed by atoms with Crippen LogP contribution in [0.5, 0.6) is 0 Å². The van der Waals surface area contributed by atoms with Gasteiger partial charge < -0.3 is 10.6 Å². The van der Waals surface area contributed by atoms with Crippen LogP contribution in [0.2, 0.25) is 5.02 Å². The van der Waals surface area contributed by atoms with Crippen LogP contribution in [0, 0.1) is 0 Å². The van der Waals surface area contributed by atoms with Gasteiger partial charge in [-0.15, -0.1) is 0 Å². The fraction of sp³-hybridized carbons (Fsp3) is 0.250. The van der Waals surface area contributed by atoms with Crippen molar-refractivity contribution in [3.63, 3.8) is 0 Å². The first kappa shape index (κ1) is 15.4. The van der Waals surface area contributed by atoms with Crippen molar-refractivity contribution < 1.29 is 0 Å². The minimum atomic E-state index is 0.0278. The lowest BCUT2D eigenvalue weighted by Gasteiger charge is -2.21. The molecule has 0 saturated heterocycles. The molecule has 0 heterocycles. The fourth-order valence-corrected chi connectivity index (χ4v) is 2.93. The summed E-state index contributed by atoms with van der Waals surface area (Å²) in [7, 11) is 2.07. The largest absolute Gasteiger partial charge is 0.370 e. The van der Waals surface area contributed by atoms with Gasteiger partial charge in [0.05, 0.1) is 0 Å². The Morgan fingerprint density at radius 1 is 1.20 bits per heavy atom. The van der Waals surface area contributed by atoms with Crippen LogP contribution in [0.3, 0.4) is 0 Å². The standard InChI is InChI=1S/C16H18BrClN2/c1-11(19)15-8-7-14(9-16(15)17)20(2)10-12-3-5-13(18)6-4-12/h3-9,11H,10,19H2,1-2H3/t11-/m0/s1. The van der Waals surface area contributed by atoms with Crippen LogP contribution in [0.1, 0.15) is 24.1 Å². The SMILES string of the molecule is C[C@H](N)c1ccc(N(C)Cc2ccc(Cl)cc2)cc1Br. The zero-order valence-corrected chi connectivity index (χ0v) is 13.9. The van der Waals surface area contributed by atoms with Crippen molar-refractivity contribution in [2.45, 2.75) is 19.5 Å². The lowest BCUT2D eigenvalue weighted by atomic mass is 10.1. The molecule has 2 rings (SSSR count). The molecule has 0 aliphatic rings. The van der Waals surface area contributed by atoms with E-state index in [2.05, 4.69) is 46.1 Å². The van der Waals surface area contributed by atoms with E-state index in [1.54, 1.807) is 0 Å². The van der Waals surface area contributed by atoms with E-state index in [9.17, 15) is 0 Å². The van der Waals surface area contributed by atoms with Crippen molar-refractivity contribution in [2.75, 3.05) is 11.9 Å². The van der Waals surface area contributed by atoms with E-state index in [1.165, 1.54) is 5.56 Å². The van der Waals surface area contributed by atoms with Gasteiger partial charge in [-0.05, 0) is 42.3 Å². The molecule has 0 aliphatic carbocycles. The minimum Gasteiger partial charge on any atom is -0.370 e. The number of hydrogen-bond acceptors (Lipinski definition) is 2. The molecule has 0 radical (unpaired) electrons. The average Bonchev–Trinajstić information content (AvgIpc) is 2.40. The summed E-state index contributed by atoms with van der Waals surface area (Å²) in [5.74, 6) is 0. The predicted molar refractivity (Wildman–Crippen MR) is 90.3 cm³/mol. The average molecular weight is 354 g/mol. The molecule has 2 nitrogen and oxygen atoms in total. The zero-order valence-electron chi connectivity index (χ0n) is 11.6. The van der Waals surface area contributed by atoms with E-state index in [0.29, 0.717) is 0 Å². The number of benzene rings is 2. The molecule has 0 aromatic heterocycles. The molecule has 1 atom stereocenters. The van der Waals surface area contributed by atoms with Crippen LogP contribution in [0.4, 0.5) is 5.69 Å². The number of anilines is 1. The molecule has 106 valence electrons. The summed E-state index contributed by atoms with van der Waals surface area (Å²) in [6, 6.07) is 14.2.